The van der Waals surface area contributed by atoms with Crippen LogP contribution in [-0.4, -0.2) is 41.4 Å². The van der Waals surface area contributed by atoms with Gasteiger partial charge in [-0.25, -0.2) is 17.9 Å². The fourth-order valence-electron chi connectivity index (χ4n) is 5.44. The second-order valence-corrected chi connectivity index (χ2v) is 8.99. The number of amides is 1. The van der Waals surface area contributed by atoms with Crippen LogP contribution in [0.5, 0.6) is 0 Å². The number of hydrogen-bond acceptors (Lipinski definition) is 4. The molecule has 1 fully saturated rings. The van der Waals surface area contributed by atoms with Crippen LogP contribution in [0.1, 0.15) is 46.9 Å². The largest absolute Gasteiger partial charge is 0.327 e. The van der Waals surface area contributed by atoms with E-state index in [9.17, 15) is 18.0 Å². The van der Waals surface area contributed by atoms with Crippen molar-refractivity contribution in [3.63, 3.8) is 0 Å². The molecule has 6 rings (SSSR count). The number of pyridine rings is 1. The molecule has 0 N–H and O–H groups in total. The molecule has 0 radical (unpaired) electrons. The van der Waals surface area contributed by atoms with Crippen molar-refractivity contribution >= 4 is 5.91 Å². The van der Waals surface area contributed by atoms with Gasteiger partial charge in [0.15, 0.2) is 17.5 Å². The Labute approximate surface area is 198 Å². The lowest BCUT2D eigenvalue weighted by Gasteiger charge is -2.45. The third-order valence-electron chi connectivity index (χ3n) is 6.91. The number of aryl methyl sites for hydroxylation is 1. The Balaban J connectivity index is 1.40. The van der Waals surface area contributed by atoms with E-state index in [2.05, 4.69) is 15.2 Å². The van der Waals surface area contributed by atoms with Crippen LogP contribution in [0.25, 0.3) is 16.9 Å². The maximum absolute atomic E-state index is 14.0. The summed E-state index contributed by atoms with van der Waals surface area (Å²) in [6, 6.07) is 5.18. The molecule has 10 heteroatoms. The number of aromatic nitrogens is 5. The first-order chi connectivity index (χ1) is 16.9. The summed E-state index contributed by atoms with van der Waals surface area (Å²) in [5.74, 6) is -4.12. The van der Waals surface area contributed by atoms with E-state index in [4.69, 9.17) is 0 Å². The van der Waals surface area contributed by atoms with Crippen molar-refractivity contribution in [2.45, 2.75) is 37.8 Å². The van der Waals surface area contributed by atoms with Gasteiger partial charge in [0, 0.05) is 42.8 Å². The van der Waals surface area contributed by atoms with Gasteiger partial charge in [-0.05, 0) is 49.9 Å². The van der Waals surface area contributed by atoms with Crippen LogP contribution in [0, 0.1) is 17.5 Å². The minimum Gasteiger partial charge on any atom is -0.327 e. The normalized spacial score (nSPS) is 19.0. The smallest absolute Gasteiger partial charge is 0.256 e. The highest BCUT2D eigenvalue weighted by Crippen LogP contribution is 2.45. The highest BCUT2D eigenvalue weighted by Gasteiger charge is 2.43. The highest BCUT2D eigenvalue weighted by molar-refractivity contribution is 5.95. The molecule has 35 heavy (non-hydrogen) atoms. The molecule has 178 valence electrons. The summed E-state index contributed by atoms with van der Waals surface area (Å²) in [7, 11) is 1.69. The summed E-state index contributed by atoms with van der Waals surface area (Å²) < 4.78 is 44.8. The van der Waals surface area contributed by atoms with Crippen molar-refractivity contribution < 1.29 is 18.0 Å². The van der Waals surface area contributed by atoms with E-state index in [1.165, 1.54) is 0 Å². The third-order valence-corrected chi connectivity index (χ3v) is 6.91. The molecule has 1 saturated heterocycles. The molecule has 1 amide bonds. The Morgan fingerprint density at radius 1 is 1.09 bits per heavy atom. The van der Waals surface area contributed by atoms with Gasteiger partial charge >= 0.3 is 0 Å². The molecule has 1 aromatic carbocycles. The van der Waals surface area contributed by atoms with Crippen LogP contribution >= 0.6 is 0 Å². The zero-order valence-corrected chi connectivity index (χ0v) is 18.8. The van der Waals surface area contributed by atoms with Crippen molar-refractivity contribution in [3.8, 4) is 16.9 Å². The van der Waals surface area contributed by atoms with Gasteiger partial charge < -0.3 is 4.90 Å². The molecule has 0 saturated carbocycles. The van der Waals surface area contributed by atoms with Crippen LogP contribution in [0.2, 0.25) is 0 Å². The van der Waals surface area contributed by atoms with Crippen molar-refractivity contribution in [1.82, 2.24) is 29.4 Å². The lowest BCUT2D eigenvalue weighted by atomic mass is 9.81. The summed E-state index contributed by atoms with van der Waals surface area (Å²) in [6.07, 6.45) is 9.59. The summed E-state index contributed by atoms with van der Waals surface area (Å²) in [5, 5.41) is 8.88. The van der Waals surface area contributed by atoms with E-state index >= 15 is 0 Å². The Bertz CT molecular complexity index is 1420. The Morgan fingerprint density at radius 3 is 2.63 bits per heavy atom. The van der Waals surface area contributed by atoms with Gasteiger partial charge in [0.25, 0.3) is 5.91 Å². The zero-order chi connectivity index (χ0) is 24.3. The predicted octanol–water partition coefficient (Wildman–Crippen LogP) is 4.38. The van der Waals surface area contributed by atoms with Crippen LogP contribution in [0.4, 0.5) is 13.2 Å². The number of benzene rings is 1. The second kappa shape index (κ2) is 8.07. The van der Waals surface area contributed by atoms with E-state index in [0.717, 1.165) is 37.0 Å². The molecule has 0 aliphatic carbocycles. The van der Waals surface area contributed by atoms with Gasteiger partial charge in [0.05, 0.1) is 34.9 Å². The monoisotopic (exact) mass is 478 g/mol. The summed E-state index contributed by atoms with van der Waals surface area (Å²) >= 11 is 0. The van der Waals surface area contributed by atoms with Crippen LogP contribution in [0.3, 0.4) is 0 Å². The second-order valence-electron chi connectivity index (χ2n) is 8.99. The van der Waals surface area contributed by atoms with E-state index < -0.39 is 17.5 Å². The number of carbonyl (C=O) groups is 1. The Morgan fingerprint density at radius 2 is 1.89 bits per heavy atom. The SMILES string of the molecule is Cn1nc2c(c1-c1cc(F)c(F)c(F)c1)C[C@@H]1CCC[C@H]2N1C(=O)c1cncc(-n2cccn2)c1. The van der Waals surface area contributed by atoms with Gasteiger partial charge in [0.1, 0.15) is 0 Å². The number of rotatable bonds is 3. The summed E-state index contributed by atoms with van der Waals surface area (Å²) in [6.45, 7) is 0. The molecule has 3 aromatic heterocycles. The van der Waals surface area contributed by atoms with Gasteiger partial charge in [0.2, 0.25) is 0 Å². The highest BCUT2D eigenvalue weighted by atomic mass is 19.2. The van der Waals surface area contributed by atoms with Crippen LogP contribution in [-0.2, 0) is 13.5 Å². The van der Waals surface area contributed by atoms with Crippen LogP contribution < -0.4 is 0 Å². The van der Waals surface area contributed by atoms with Gasteiger partial charge in [-0.3, -0.25) is 14.5 Å². The van der Waals surface area contributed by atoms with Crippen molar-refractivity contribution in [3.05, 3.63) is 83.3 Å². The topological polar surface area (TPSA) is 68.8 Å². The average molecular weight is 478 g/mol. The lowest BCUT2D eigenvalue weighted by molar-refractivity contribution is 0.0391. The summed E-state index contributed by atoms with van der Waals surface area (Å²) in [5.41, 5.74) is 3.48. The molecule has 5 heterocycles. The molecule has 4 aromatic rings. The fourth-order valence-corrected chi connectivity index (χ4v) is 5.44. The minimum atomic E-state index is -1.50. The molecule has 2 aliphatic rings. The van der Waals surface area contributed by atoms with E-state index in [1.807, 2.05) is 4.90 Å². The first-order valence-corrected chi connectivity index (χ1v) is 11.4. The van der Waals surface area contributed by atoms with Gasteiger partial charge in [-0.2, -0.15) is 10.2 Å². The average Bonchev–Trinajstić information content (AvgIpc) is 3.50. The molecule has 2 atom stereocenters. The predicted molar refractivity (Wildman–Crippen MR) is 120 cm³/mol. The fraction of sp³-hybridized carbons (Fsp3) is 0.280. The third kappa shape index (κ3) is 3.43. The zero-order valence-electron chi connectivity index (χ0n) is 18.8. The number of halogens is 3. The van der Waals surface area contributed by atoms with E-state index in [1.54, 1.807) is 53.3 Å². The van der Waals surface area contributed by atoms with Crippen molar-refractivity contribution in [2.75, 3.05) is 0 Å². The Kier molecular flexibility index (Phi) is 4.98. The molecular weight excluding hydrogens is 457 g/mol. The number of carbonyl (C=O) groups excluding carboxylic acids is 1. The maximum atomic E-state index is 14.0. The molecule has 0 spiro atoms. The number of piperidine rings is 1. The first-order valence-electron chi connectivity index (χ1n) is 11.4. The molecule has 2 aliphatic heterocycles. The van der Waals surface area contributed by atoms with E-state index in [0.29, 0.717) is 29.1 Å². The molecule has 0 unspecified atom stereocenters. The first kappa shape index (κ1) is 21.6. The lowest BCUT2D eigenvalue weighted by Crippen LogP contribution is -2.49. The Hall–Kier alpha value is -3.95. The van der Waals surface area contributed by atoms with Gasteiger partial charge in [-0.1, -0.05) is 0 Å². The van der Waals surface area contributed by atoms with Gasteiger partial charge in [-0.15, -0.1) is 0 Å². The molecule has 2 bridgehead atoms. The van der Waals surface area contributed by atoms with Crippen molar-refractivity contribution in [1.29, 1.82) is 0 Å². The minimum absolute atomic E-state index is 0.0970. The molecular formula is C25H21F3N6O. The quantitative estimate of drug-likeness (QED) is 0.410. The standard InChI is InChI=1S/C25H21F3N6O/c1-32-24(14-9-19(26)22(28)20(27)10-14)18-11-16-4-2-5-21(23(18)31-32)34(16)25(35)15-8-17(13-29-12-15)33-7-3-6-30-33/h3,6-10,12-13,16,21H,2,4-5,11H2,1H3/t16-,21+/m0/s1. The summed E-state index contributed by atoms with van der Waals surface area (Å²) in [4.78, 5) is 19.8. The molecule has 7 nitrogen and oxygen atoms in total. The number of nitrogens with zero attached hydrogens (tertiary/aromatic N) is 6. The van der Waals surface area contributed by atoms with Crippen LogP contribution in [0.15, 0.2) is 49.1 Å². The maximum Gasteiger partial charge on any atom is 0.256 e. The number of fused-ring (bicyclic) bond motifs is 4. The number of hydrogen-bond donors (Lipinski definition) is 0. The van der Waals surface area contributed by atoms with Crippen molar-refractivity contribution in [2.24, 2.45) is 7.05 Å². The van der Waals surface area contributed by atoms with E-state index in [-0.39, 0.29) is 23.6 Å².